The van der Waals surface area contributed by atoms with Crippen molar-refractivity contribution >= 4 is 15.8 Å². The third-order valence-corrected chi connectivity index (χ3v) is 4.16. The maximum absolute atomic E-state index is 12.1. The van der Waals surface area contributed by atoms with E-state index >= 15 is 0 Å². The molecule has 2 aromatic rings. The van der Waals surface area contributed by atoms with Gasteiger partial charge in [-0.2, -0.15) is 0 Å². The minimum atomic E-state index is -3.60. The summed E-state index contributed by atoms with van der Waals surface area (Å²) in [5.41, 5.74) is 0.735. The Morgan fingerprint density at radius 1 is 1.14 bits per heavy atom. The Hall–Kier alpha value is -2.19. The molecule has 2 heterocycles. The van der Waals surface area contributed by atoms with Gasteiger partial charge < -0.3 is 10.1 Å². The highest BCUT2D eigenvalue weighted by Crippen LogP contribution is 2.11. The Morgan fingerprint density at radius 3 is 2.48 bits per heavy atom. The predicted molar refractivity (Wildman–Crippen MR) is 78.6 cm³/mol. The van der Waals surface area contributed by atoms with Crippen LogP contribution in [0.5, 0.6) is 5.88 Å². The van der Waals surface area contributed by atoms with Crippen LogP contribution in [0.4, 0.5) is 5.82 Å². The van der Waals surface area contributed by atoms with E-state index < -0.39 is 10.0 Å². The molecule has 0 saturated heterocycles. The zero-order valence-corrected chi connectivity index (χ0v) is 12.5. The molecule has 2 rings (SSSR count). The normalized spacial score (nSPS) is 11.1. The van der Waals surface area contributed by atoms with Crippen LogP contribution < -0.4 is 14.8 Å². The number of pyridine rings is 2. The number of rotatable bonds is 6. The Bertz CT molecular complexity index is 684. The van der Waals surface area contributed by atoms with Crippen molar-refractivity contribution in [2.24, 2.45) is 0 Å². The summed E-state index contributed by atoms with van der Waals surface area (Å²) in [5, 5.41) is 2.83. The minimum Gasteiger partial charge on any atom is -0.481 e. The molecule has 0 spiro atoms. The van der Waals surface area contributed by atoms with Crippen molar-refractivity contribution in [1.29, 1.82) is 0 Å². The van der Waals surface area contributed by atoms with Crippen LogP contribution in [0.2, 0.25) is 0 Å². The lowest BCUT2D eigenvalue weighted by Gasteiger charge is -2.07. The molecule has 0 fully saturated rings. The SMILES string of the molecule is CNc1ccc(S(=O)(=O)NCc2ccc(OC)nc2)cn1. The molecule has 0 saturated carbocycles. The molecule has 0 aliphatic heterocycles. The van der Waals surface area contributed by atoms with Crippen LogP contribution in [0.1, 0.15) is 5.56 Å². The highest BCUT2D eigenvalue weighted by molar-refractivity contribution is 7.89. The molecule has 2 aromatic heterocycles. The summed E-state index contributed by atoms with van der Waals surface area (Å²) in [6.07, 6.45) is 2.87. The van der Waals surface area contributed by atoms with Crippen molar-refractivity contribution in [3.05, 3.63) is 42.2 Å². The summed E-state index contributed by atoms with van der Waals surface area (Å²) in [6, 6.07) is 6.51. The molecule has 0 aromatic carbocycles. The lowest BCUT2D eigenvalue weighted by atomic mass is 10.3. The zero-order valence-electron chi connectivity index (χ0n) is 11.7. The molecule has 0 unspecified atom stereocenters. The second kappa shape index (κ2) is 6.51. The number of aromatic nitrogens is 2. The molecule has 2 N–H and O–H groups in total. The van der Waals surface area contributed by atoms with Crippen molar-refractivity contribution in [2.75, 3.05) is 19.5 Å². The molecule has 7 nitrogen and oxygen atoms in total. The van der Waals surface area contributed by atoms with E-state index in [1.165, 1.54) is 19.4 Å². The molecule has 0 aliphatic rings. The Morgan fingerprint density at radius 2 is 1.95 bits per heavy atom. The van der Waals surface area contributed by atoms with E-state index in [2.05, 4.69) is 20.0 Å². The standard InChI is InChI=1S/C13H16N4O3S/c1-14-12-5-4-11(9-15-12)21(18,19)17-8-10-3-6-13(20-2)16-7-10/h3-7,9,17H,8H2,1-2H3,(H,14,15). The summed E-state index contributed by atoms with van der Waals surface area (Å²) in [5.74, 6) is 1.08. The molecule has 0 amide bonds. The van der Waals surface area contributed by atoms with Crippen molar-refractivity contribution in [3.63, 3.8) is 0 Å². The van der Waals surface area contributed by atoms with Gasteiger partial charge in [0.25, 0.3) is 0 Å². The molecule has 0 aliphatic carbocycles. The fourth-order valence-corrected chi connectivity index (χ4v) is 2.55. The Balaban J connectivity index is 2.05. The first-order valence-corrected chi connectivity index (χ1v) is 7.66. The molecular weight excluding hydrogens is 292 g/mol. The van der Waals surface area contributed by atoms with E-state index in [4.69, 9.17) is 4.74 Å². The third-order valence-electron chi connectivity index (χ3n) is 2.78. The van der Waals surface area contributed by atoms with Crippen LogP contribution in [0.15, 0.2) is 41.6 Å². The zero-order chi connectivity index (χ0) is 15.3. The molecule has 0 radical (unpaired) electrons. The number of hydrogen-bond donors (Lipinski definition) is 2. The molecule has 21 heavy (non-hydrogen) atoms. The van der Waals surface area contributed by atoms with Gasteiger partial charge in [-0.3, -0.25) is 0 Å². The van der Waals surface area contributed by atoms with Gasteiger partial charge in [0.15, 0.2) is 0 Å². The number of hydrogen-bond acceptors (Lipinski definition) is 6. The fraction of sp³-hybridized carbons (Fsp3) is 0.231. The maximum Gasteiger partial charge on any atom is 0.242 e. The van der Waals surface area contributed by atoms with E-state index in [0.717, 1.165) is 5.56 Å². The highest BCUT2D eigenvalue weighted by Gasteiger charge is 2.14. The first-order chi connectivity index (χ1) is 10.0. The van der Waals surface area contributed by atoms with E-state index in [9.17, 15) is 8.42 Å². The van der Waals surface area contributed by atoms with Gasteiger partial charge in [0.1, 0.15) is 10.7 Å². The minimum absolute atomic E-state index is 0.114. The summed E-state index contributed by atoms with van der Waals surface area (Å²) in [6.45, 7) is 0.146. The number of sulfonamides is 1. The Kier molecular flexibility index (Phi) is 4.71. The molecule has 0 atom stereocenters. The first-order valence-electron chi connectivity index (χ1n) is 6.17. The van der Waals surface area contributed by atoms with Gasteiger partial charge in [0.2, 0.25) is 15.9 Å². The quantitative estimate of drug-likeness (QED) is 0.827. The van der Waals surface area contributed by atoms with Crippen molar-refractivity contribution in [1.82, 2.24) is 14.7 Å². The summed E-state index contributed by atoms with van der Waals surface area (Å²) in [4.78, 5) is 8.11. The summed E-state index contributed by atoms with van der Waals surface area (Å²) < 4.78 is 31.7. The summed E-state index contributed by atoms with van der Waals surface area (Å²) in [7, 11) is -0.364. The lowest BCUT2D eigenvalue weighted by molar-refractivity contribution is 0.397. The Labute approximate surface area is 123 Å². The van der Waals surface area contributed by atoms with Crippen LogP contribution in [0.3, 0.4) is 0 Å². The van der Waals surface area contributed by atoms with Crippen LogP contribution in [-0.4, -0.2) is 32.5 Å². The number of anilines is 1. The smallest absolute Gasteiger partial charge is 0.242 e. The predicted octanol–water partition coefficient (Wildman–Crippen LogP) is 1.01. The van der Waals surface area contributed by atoms with Crippen LogP contribution in [0, 0.1) is 0 Å². The van der Waals surface area contributed by atoms with Gasteiger partial charge in [0, 0.05) is 32.1 Å². The third kappa shape index (κ3) is 3.89. The van der Waals surface area contributed by atoms with Crippen LogP contribution >= 0.6 is 0 Å². The maximum atomic E-state index is 12.1. The molecule has 8 heteroatoms. The number of ether oxygens (including phenoxy) is 1. The van der Waals surface area contributed by atoms with Gasteiger partial charge in [-0.1, -0.05) is 6.07 Å². The van der Waals surface area contributed by atoms with E-state index in [1.807, 2.05) is 0 Å². The molecular formula is C13H16N4O3S. The fourth-order valence-electron chi connectivity index (χ4n) is 1.59. The second-order valence-electron chi connectivity index (χ2n) is 4.16. The number of nitrogens with zero attached hydrogens (tertiary/aromatic N) is 2. The van der Waals surface area contributed by atoms with Gasteiger partial charge >= 0.3 is 0 Å². The average Bonchev–Trinajstić information content (AvgIpc) is 2.53. The second-order valence-corrected chi connectivity index (χ2v) is 5.93. The van der Waals surface area contributed by atoms with Crippen molar-refractivity contribution < 1.29 is 13.2 Å². The van der Waals surface area contributed by atoms with Gasteiger partial charge in [-0.15, -0.1) is 0 Å². The topological polar surface area (TPSA) is 93.2 Å². The summed E-state index contributed by atoms with van der Waals surface area (Å²) >= 11 is 0. The molecule has 0 bridgehead atoms. The van der Waals surface area contributed by atoms with Gasteiger partial charge in [0.05, 0.1) is 7.11 Å². The molecule has 112 valence electrons. The van der Waals surface area contributed by atoms with Crippen molar-refractivity contribution in [2.45, 2.75) is 11.4 Å². The van der Waals surface area contributed by atoms with Crippen molar-refractivity contribution in [3.8, 4) is 5.88 Å². The van der Waals surface area contributed by atoms with E-state index in [-0.39, 0.29) is 11.4 Å². The largest absolute Gasteiger partial charge is 0.481 e. The number of nitrogens with one attached hydrogen (secondary N) is 2. The van der Waals surface area contributed by atoms with E-state index in [0.29, 0.717) is 11.7 Å². The van der Waals surface area contributed by atoms with E-state index in [1.54, 1.807) is 31.4 Å². The van der Waals surface area contributed by atoms with Gasteiger partial charge in [-0.25, -0.2) is 23.1 Å². The highest BCUT2D eigenvalue weighted by atomic mass is 32.2. The first kappa shape index (κ1) is 15.2. The lowest BCUT2D eigenvalue weighted by Crippen LogP contribution is -2.23. The number of methoxy groups -OCH3 is 1. The van der Waals surface area contributed by atoms with Crippen LogP contribution in [0.25, 0.3) is 0 Å². The monoisotopic (exact) mass is 308 g/mol. The average molecular weight is 308 g/mol. The van der Waals surface area contributed by atoms with Crippen LogP contribution in [-0.2, 0) is 16.6 Å². The van der Waals surface area contributed by atoms with Gasteiger partial charge in [-0.05, 0) is 17.7 Å².